The summed E-state index contributed by atoms with van der Waals surface area (Å²) in [4.78, 5) is 7.97. The lowest BCUT2D eigenvalue weighted by molar-refractivity contribution is 0.0697. The highest BCUT2D eigenvalue weighted by Crippen LogP contribution is 2.31. The normalized spacial score (nSPS) is 11.2. The second kappa shape index (κ2) is 7.25. The summed E-state index contributed by atoms with van der Waals surface area (Å²) in [6.45, 7) is 0. The van der Waals surface area contributed by atoms with Gasteiger partial charge in [-0.1, -0.05) is 12.1 Å². The van der Waals surface area contributed by atoms with Crippen LogP contribution in [0.25, 0.3) is 22.2 Å². The van der Waals surface area contributed by atoms with Gasteiger partial charge in [-0.2, -0.15) is 23.8 Å². The largest absolute Gasteiger partial charge is 0.331 e. The predicted octanol–water partition coefficient (Wildman–Crippen LogP) is 3.46. The Hall–Kier alpha value is -4.32. The fourth-order valence-electron chi connectivity index (χ4n) is 2.94. The fraction of sp³-hybridized carbons (Fsp3) is 0.0476. The molecule has 0 saturated carbocycles. The number of aromatic nitrogens is 4. The van der Waals surface area contributed by atoms with Gasteiger partial charge in [-0.3, -0.25) is 15.8 Å². The summed E-state index contributed by atoms with van der Waals surface area (Å²) < 4.78 is 30.9. The zero-order valence-corrected chi connectivity index (χ0v) is 15.3. The van der Waals surface area contributed by atoms with E-state index in [1.165, 1.54) is 42.6 Å². The molecule has 9 heteroatoms. The van der Waals surface area contributed by atoms with Crippen LogP contribution in [-0.4, -0.2) is 25.6 Å². The third kappa shape index (κ3) is 3.31. The number of nitrogens with one attached hydrogen (secondary N) is 2. The number of pyridine rings is 2. The van der Waals surface area contributed by atoms with E-state index in [4.69, 9.17) is 16.1 Å². The van der Waals surface area contributed by atoms with E-state index in [2.05, 4.69) is 15.1 Å². The number of hydrogen-bond acceptors (Lipinski definition) is 6. The summed E-state index contributed by atoms with van der Waals surface area (Å²) >= 11 is 0. The third-order valence-corrected chi connectivity index (χ3v) is 4.48. The van der Waals surface area contributed by atoms with Gasteiger partial charge >= 0.3 is 5.92 Å². The molecule has 146 valence electrons. The van der Waals surface area contributed by atoms with Gasteiger partial charge < -0.3 is 0 Å². The van der Waals surface area contributed by atoms with Crippen molar-refractivity contribution in [2.75, 3.05) is 0 Å². The Labute approximate surface area is 168 Å². The first-order valence-electron chi connectivity index (χ1n) is 8.74. The second-order valence-electron chi connectivity index (χ2n) is 6.39. The minimum Gasteiger partial charge on any atom is -0.283 e. The number of fused-ring (bicyclic) bond motifs is 1. The van der Waals surface area contributed by atoms with Gasteiger partial charge in [0.25, 0.3) is 0 Å². The Kier molecular flexibility index (Phi) is 4.60. The van der Waals surface area contributed by atoms with Gasteiger partial charge in [-0.05, 0) is 42.5 Å². The van der Waals surface area contributed by atoms with E-state index < -0.39 is 17.3 Å². The Bertz CT molecular complexity index is 1390. The molecule has 0 bridgehead atoms. The van der Waals surface area contributed by atoms with Crippen LogP contribution in [0.4, 0.5) is 8.78 Å². The molecule has 4 rings (SSSR count). The van der Waals surface area contributed by atoms with Crippen LogP contribution in [0.1, 0.15) is 11.3 Å². The first-order chi connectivity index (χ1) is 14.4. The van der Waals surface area contributed by atoms with Gasteiger partial charge in [0, 0.05) is 28.9 Å². The number of nitriles is 1. The monoisotopic (exact) mass is 401 g/mol. The zero-order chi connectivity index (χ0) is 21.3. The minimum absolute atomic E-state index is 0.140. The first-order valence-corrected chi connectivity index (χ1v) is 8.74. The molecular weight excluding hydrogens is 388 g/mol. The summed E-state index contributed by atoms with van der Waals surface area (Å²) in [5.74, 6) is -4.86. The number of hydrogen-bond donors (Lipinski definition) is 2. The quantitative estimate of drug-likeness (QED) is 0.404. The lowest BCUT2D eigenvalue weighted by Crippen LogP contribution is -2.39. The van der Waals surface area contributed by atoms with Crippen LogP contribution in [0, 0.1) is 22.1 Å². The molecule has 0 radical (unpaired) electrons. The maximum absolute atomic E-state index is 15.2. The Morgan fingerprint density at radius 2 is 1.87 bits per heavy atom. The van der Waals surface area contributed by atoms with Crippen molar-refractivity contribution in [1.82, 2.24) is 19.7 Å². The molecule has 0 aliphatic heterocycles. The highest BCUT2D eigenvalue weighted by Gasteiger charge is 2.39. The standard InChI is InChI=1S/C21H13F2N7/c22-21(23,15-3-4-17-13(10-15)2-1-8-28-17)20(26)30-19(25)6-5-18(29-30)14-7-9-27-16(11-14)12-24/h1-11,25-26H. The van der Waals surface area contributed by atoms with Crippen LogP contribution in [0.3, 0.4) is 0 Å². The molecular formula is C21H13F2N7. The summed E-state index contributed by atoms with van der Waals surface area (Å²) in [6, 6.07) is 14.9. The molecule has 0 aliphatic rings. The van der Waals surface area contributed by atoms with Crippen molar-refractivity contribution in [3.05, 3.63) is 83.7 Å². The molecule has 0 atom stereocenters. The van der Waals surface area contributed by atoms with Gasteiger partial charge in [-0.15, -0.1) is 0 Å². The second-order valence-corrected chi connectivity index (χ2v) is 6.39. The van der Waals surface area contributed by atoms with Gasteiger partial charge in [0.2, 0.25) is 0 Å². The van der Waals surface area contributed by atoms with Crippen molar-refractivity contribution >= 4 is 16.7 Å². The average molecular weight is 401 g/mol. The molecule has 0 fully saturated rings. The lowest BCUT2D eigenvalue weighted by Gasteiger charge is -2.19. The van der Waals surface area contributed by atoms with Crippen molar-refractivity contribution in [2.45, 2.75) is 5.92 Å². The maximum atomic E-state index is 15.2. The highest BCUT2D eigenvalue weighted by molar-refractivity contribution is 5.90. The number of nitrogens with zero attached hydrogens (tertiary/aromatic N) is 5. The van der Waals surface area contributed by atoms with Crippen molar-refractivity contribution in [1.29, 1.82) is 16.1 Å². The third-order valence-electron chi connectivity index (χ3n) is 4.48. The van der Waals surface area contributed by atoms with E-state index in [9.17, 15) is 0 Å². The maximum Gasteiger partial charge on any atom is 0.331 e. The van der Waals surface area contributed by atoms with Crippen LogP contribution in [0.5, 0.6) is 0 Å². The summed E-state index contributed by atoms with van der Waals surface area (Å²) in [6.07, 6.45) is 2.97. The first kappa shape index (κ1) is 19.0. The minimum atomic E-state index is -3.70. The molecule has 3 heterocycles. The lowest BCUT2D eigenvalue weighted by atomic mass is 10.0. The Morgan fingerprint density at radius 1 is 1.03 bits per heavy atom. The van der Waals surface area contributed by atoms with Crippen LogP contribution < -0.4 is 5.49 Å². The average Bonchev–Trinajstić information content (AvgIpc) is 2.78. The summed E-state index contributed by atoms with van der Waals surface area (Å²) in [5.41, 5.74) is 0.615. The Morgan fingerprint density at radius 3 is 2.67 bits per heavy atom. The fourth-order valence-corrected chi connectivity index (χ4v) is 2.94. The predicted molar refractivity (Wildman–Crippen MR) is 105 cm³/mol. The van der Waals surface area contributed by atoms with E-state index >= 15 is 8.78 Å². The van der Waals surface area contributed by atoms with Crippen LogP contribution in [-0.2, 0) is 5.92 Å². The topological polar surface area (TPSA) is 115 Å². The van der Waals surface area contributed by atoms with Gasteiger partial charge in [0.05, 0.1) is 11.2 Å². The molecule has 0 unspecified atom stereocenters. The van der Waals surface area contributed by atoms with Gasteiger partial charge in [-0.25, -0.2) is 4.98 Å². The zero-order valence-electron chi connectivity index (χ0n) is 15.3. The molecule has 0 spiro atoms. The van der Waals surface area contributed by atoms with Crippen molar-refractivity contribution in [3.8, 4) is 17.3 Å². The van der Waals surface area contributed by atoms with E-state index in [1.54, 1.807) is 24.4 Å². The van der Waals surface area contributed by atoms with Gasteiger partial charge in [0.15, 0.2) is 5.84 Å². The van der Waals surface area contributed by atoms with Crippen LogP contribution in [0.15, 0.2) is 67.0 Å². The van der Waals surface area contributed by atoms with E-state index in [0.29, 0.717) is 21.1 Å². The van der Waals surface area contributed by atoms with Crippen molar-refractivity contribution < 1.29 is 8.78 Å². The number of benzene rings is 1. The molecule has 2 N–H and O–H groups in total. The van der Waals surface area contributed by atoms with E-state index in [-0.39, 0.29) is 16.9 Å². The van der Waals surface area contributed by atoms with E-state index in [1.807, 2.05) is 6.07 Å². The van der Waals surface area contributed by atoms with Crippen LogP contribution >= 0.6 is 0 Å². The highest BCUT2D eigenvalue weighted by atomic mass is 19.3. The summed E-state index contributed by atoms with van der Waals surface area (Å²) in [5, 5.41) is 29.6. The van der Waals surface area contributed by atoms with E-state index in [0.717, 1.165) is 0 Å². The van der Waals surface area contributed by atoms with Gasteiger partial charge in [0.1, 0.15) is 17.3 Å². The molecule has 1 aromatic carbocycles. The molecule has 3 aromatic heterocycles. The summed E-state index contributed by atoms with van der Waals surface area (Å²) in [7, 11) is 0. The number of rotatable bonds is 3. The smallest absolute Gasteiger partial charge is 0.283 e. The molecule has 0 amide bonds. The number of halogens is 2. The van der Waals surface area contributed by atoms with Crippen molar-refractivity contribution in [2.24, 2.45) is 0 Å². The number of alkyl halides is 2. The Balaban J connectivity index is 1.77. The van der Waals surface area contributed by atoms with Crippen LogP contribution in [0.2, 0.25) is 0 Å². The molecule has 7 nitrogen and oxygen atoms in total. The molecule has 0 aliphatic carbocycles. The van der Waals surface area contributed by atoms with Crippen molar-refractivity contribution in [3.63, 3.8) is 0 Å². The molecule has 4 aromatic rings. The molecule has 30 heavy (non-hydrogen) atoms. The SMILES string of the molecule is N#Cc1cc(-c2ccc(=N)n(C(=N)C(F)(F)c3ccc4ncccc4c3)n2)ccn1. The molecule has 0 saturated heterocycles.